The Balaban J connectivity index is 2.81. The van der Waals surface area contributed by atoms with Gasteiger partial charge in [-0.2, -0.15) is 0 Å². The first-order chi connectivity index (χ1) is 6.81. The number of hydrogen-bond acceptors (Lipinski definition) is 3. The number of nitrogens with two attached hydrogens (primary N) is 1. The second-order valence-electron chi connectivity index (χ2n) is 3.15. The molecule has 14 heavy (non-hydrogen) atoms. The standard InChI is InChI=1S/C11H18N2O/c1-3-13(4-2)11-7-5-6-10(8-11)9-14-12/h5-8H,3-4,9,12H2,1-2H3. The van der Waals surface area contributed by atoms with Crippen molar-refractivity contribution in [3.05, 3.63) is 29.8 Å². The van der Waals surface area contributed by atoms with Crippen molar-refractivity contribution in [2.75, 3.05) is 18.0 Å². The molecule has 0 aromatic heterocycles. The Morgan fingerprint density at radius 3 is 2.57 bits per heavy atom. The van der Waals surface area contributed by atoms with Crippen LogP contribution in [-0.4, -0.2) is 13.1 Å². The number of anilines is 1. The van der Waals surface area contributed by atoms with Gasteiger partial charge in [0.25, 0.3) is 0 Å². The van der Waals surface area contributed by atoms with Gasteiger partial charge in [0, 0.05) is 18.8 Å². The van der Waals surface area contributed by atoms with Crippen LogP contribution in [0.4, 0.5) is 5.69 Å². The lowest BCUT2D eigenvalue weighted by Crippen LogP contribution is -2.21. The first kappa shape index (κ1) is 11.0. The van der Waals surface area contributed by atoms with Crippen LogP contribution in [0.15, 0.2) is 24.3 Å². The van der Waals surface area contributed by atoms with Crippen molar-refractivity contribution in [3.8, 4) is 0 Å². The van der Waals surface area contributed by atoms with Crippen LogP contribution in [0.1, 0.15) is 19.4 Å². The Hall–Kier alpha value is -1.06. The molecule has 1 rings (SSSR count). The smallest absolute Gasteiger partial charge is 0.0930 e. The number of nitrogens with zero attached hydrogens (tertiary/aromatic N) is 1. The largest absolute Gasteiger partial charge is 0.372 e. The molecule has 0 saturated carbocycles. The molecule has 3 nitrogen and oxygen atoms in total. The molecule has 0 radical (unpaired) electrons. The van der Waals surface area contributed by atoms with E-state index >= 15 is 0 Å². The monoisotopic (exact) mass is 194 g/mol. The minimum absolute atomic E-state index is 0.467. The molecule has 0 fully saturated rings. The lowest BCUT2D eigenvalue weighted by atomic mass is 10.2. The first-order valence-electron chi connectivity index (χ1n) is 4.97. The quantitative estimate of drug-likeness (QED) is 0.728. The van der Waals surface area contributed by atoms with Gasteiger partial charge in [-0.25, -0.2) is 5.90 Å². The van der Waals surface area contributed by atoms with E-state index in [0.717, 1.165) is 18.7 Å². The van der Waals surface area contributed by atoms with Crippen LogP contribution in [0.25, 0.3) is 0 Å². The van der Waals surface area contributed by atoms with Crippen molar-refractivity contribution in [1.82, 2.24) is 0 Å². The van der Waals surface area contributed by atoms with E-state index in [2.05, 4.69) is 35.7 Å². The topological polar surface area (TPSA) is 38.5 Å². The Kier molecular flexibility index (Phi) is 4.43. The SMILES string of the molecule is CCN(CC)c1cccc(CON)c1. The summed E-state index contributed by atoms with van der Waals surface area (Å²) in [5, 5.41) is 0. The summed E-state index contributed by atoms with van der Waals surface area (Å²) in [5.41, 5.74) is 2.33. The predicted octanol–water partition coefficient (Wildman–Crippen LogP) is 1.92. The van der Waals surface area contributed by atoms with Gasteiger partial charge in [-0.05, 0) is 31.5 Å². The van der Waals surface area contributed by atoms with Crippen LogP contribution in [0.5, 0.6) is 0 Å². The lowest BCUT2D eigenvalue weighted by molar-refractivity contribution is 0.124. The molecule has 1 aromatic carbocycles. The average Bonchev–Trinajstić information content (AvgIpc) is 2.21. The van der Waals surface area contributed by atoms with Gasteiger partial charge in [-0.1, -0.05) is 12.1 Å². The van der Waals surface area contributed by atoms with E-state index in [4.69, 9.17) is 5.90 Å². The molecule has 0 aliphatic heterocycles. The molecule has 0 heterocycles. The van der Waals surface area contributed by atoms with Crippen molar-refractivity contribution >= 4 is 5.69 Å². The highest BCUT2D eigenvalue weighted by Crippen LogP contribution is 2.15. The Morgan fingerprint density at radius 1 is 1.29 bits per heavy atom. The van der Waals surface area contributed by atoms with Gasteiger partial charge >= 0.3 is 0 Å². The maximum absolute atomic E-state index is 5.04. The van der Waals surface area contributed by atoms with Crippen molar-refractivity contribution in [3.63, 3.8) is 0 Å². The van der Waals surface area contributed by atoms with Gasteiger partial charge in [-0.15, -0.1) is 0 Å². The Morgan fingerprint density at radius 2 is 2.00 bits per heavy atom. The molecule has 2 N–H and O–H groups in total. The zero-order valence-corrected chi connectivity index (χ0v) is 8.86. The third-order valence-corrected chi connectivity index (χ3v) is 2.29. The van der Waals surface area contributed by atoms with Gasteiger partial charge in [0.15, 0.2) is 0 Å². The van der Waals surface area contributed by atoms with Gasteiger partial charge in [0.05, 0.1) is 6.61 Å². The maximum Gasteiger partial charge on any atom is 0.0930 e. The van der Waals surface area contributed by atoms with Crippen LogP contribution in [-0.2, 0) is 11.4 Å². The first-order valence-corrected chi connectivity index (χ1v) is 4.97. The van der Waals surface area contributed by atoms with Gasteiger partial charge in [0.2, 0.25) is 0 Å². The van der Waals surface area contributed by atoms with Gasteiger partial charge < -0.3 is 4.90 Å². The maximum atomic E-state index is 5.04. The molecule has 78 valence electrons. The number of benzene rings is 1. The lowest BCUT2D eigenvalue weighted by Gasteiger charge is -2.21. The van der Waals surface area contributed by atoms with E-state index in [1.54, 1.807) is 0 Å². The zero-order chi connectivity index (χ0) is 10.4. The molecule has 0 saturated heterocycles. The van der Waals surface area contributed by atoms with Crippen LogP contribution < -0.4 is 10.8 Å². The molecule has 0 bridgehead atoms. The van der Waals surface area contributed by atoms with E-state index in [1.165, 1.54) is 5.69 Å². The Labute approximate surface area is 85.4 Å². The van der Waals surface area contributed by atoms with Crippen LogP contribution in [0, 0.1) is 0 Å². The average molecular weight is 194 g/mol. The summed E-state index contributed by atoms with van der Waals surface area (Å²) in [5.74, 6) is 5.04. The molecule has 3 heteroatoms. The van der Waals surface area contributed by atoms with E-state index in [0.29, 0.717) is 6.61 Å². The summed E-state index contributed by atoms with van der Waals surface area (Å²) in [6.07, 6.45) is 0. The van der Waals surface area contributed by atoms with Crippen LogP contribution >= 0.6 is 0 Å². The van der Waals surface area contributed by atoms with Gasteiger partial charge in [0.1, 0.15) is 0 Å². The summed E-state index contributed by atoms with van der Waals surface area (Å²) >= 11 is 0. The highest BCUT2D eigenvalue weighted by Gasteiger charge is 2.01. The van der Waals surface area contributed by atoms with E-state index in [-0.39, 0.29) is 0 Å². The summed E-state index contributed by atoms with van der Waals surface area (Å²) in [4.78, 5) is 6.90. The molecule has 0 spiro atoms. The summed E-state index contributed by atoms with van der Waals surface area (Å²) in [6, 6.07) is 8.26. The van der Waals surface area contributed by atoms with Crippen LogP contribution in [0.3, 0.4) is 0 Å². The van der Waals surface area contributed by atoms with Crippen LogP contribution in [0.2, 0.25) is 0 Å². The summed E-state index contributed by atoms with van der Waals surface area (Å²) in [7, 11) is 0. The third kappa shape index (κ3) is 2.72. The van der Waals surface area contributed by atoms with E-state index in [9.17, 15) is 0 Å². The molecular formula is C11H18N2O. The fraction of sp³-hybridized carbons (Fsp3) is 0.455. The highest BCUT2D eigenvalue weighted by atomic mass is 16.6. The van der Waals surface area contributed by atoms with Crippen molar-refractivity contribution in [2.24, 2.45) is 5.90 Å². The molecule has 0 amide bonds. The number of rotatable bonds is 5. The molecule has 0 atom stereocenters. The molecule has 0 unspecified atom stereocenters. The zero-order valence-electron chi connectivity index (χ0n) is 8.86. The molecular weight excluding hydrogens is 176 g/mol. The second kappa shape index (κ2) is 5.62. The Bertz CT molecular complexity index is 272. The second-order valence-corrected chi connectivity index (χ2v) is 3.15. The molecule has 0 aliphatic carbocycles. The summed E-state index contributed by atoms with van der Waals surface area (Å²) in [6.45, 7) is 6.80. The van der Waals surface area contributed by atoms with E-state index in [1.807, 2.05) is 12.1 Å². The predicted molar refractivity (Wildman–Crippen MR) is 59.0 cm³/mol. The summed E-state index contributed by atoms with van der Waals surface area (Å²) < 4.78 is 0. The third-order valence-electron chi connectivity index (χ3n) is 2.29. The van der Waals surface area contributed by atoms with Crippen molar-refractivity contribution in [1.29, 1.82) is 0 Å². The van der Waals surface area contributed by atoms with E-state index < -0.39 is 0 Å². The van der Waals surface area contributed by atoms with Crippen molar-refractivity contribution < 1.29 is 4.84 Å². The minimum Gasteiger partial charge on any atom is -0.372 e. The molecule has 1 aromatic rings. The minimum atomic E-state index is 0.467. The van der Waals surface area contributed by atoms with Gasteiger partial charge in [-0.3, -0.25) is 4.84 Å². The highest BCUT2D eigenvalue weighted by molar-refractivity contribution is 5.48. The normalized spacial score (nSPS) is 10.2. The number of hydrogen-bond donors (Lipinski definition) is 1. The fourth-order valence-electron chi connectivity index (χ4n) is 1.53. The molecule has 0 aliphatic rings. The fourth-order valence-corrected chi connectivity index (χ4v) is 1.53. The van der Waals surface area contributed by atoms with Crippen molar-refractivity contribution in [2.45, 2.75) is 20.5 Å².